The first kappa shape index (κ1) is 12.5. The summed E-state index contributed by atoms with van der Waals surface area (Å²) in [7, 11) is 1.93. The summed E-state index contributed by atoms with van der Waals surface area (Å²) in [6, 6.07) is 5.63. The summed E-state index contributed by atoms with van der Waals surface area (Å²) in [6.45, 7) is 4.32. The zero-order chi connectivity index (χ0) is 12.3. The van der Waals surface area contributed by atoms with Crippen molar-refractivity contribution in [3.8, 4) is 0 Å². The Labute approximate surface area is 96.2 Å². The van der Waals surface area contributed by atoms with Crippen molar-refractivity contribution < 1.29 is 5.11 Å². The highest BCUT2D eigenvalue weighted by atomic mass is 16.3. The van der Waals surface area contributed by atoms with E-state index in [1.165, 1.54) is 0 Å². The van der Waals surface area contributed by atoms with Crippen LogP contribution in [-0.4, -0.2) is 30.6 Å². The van der Waals surface area contributed by atoms with E-state index in [0.717, 1.165) is 16.8 Å². The predicted octanol–water partition coefficient (Wildman–Crippen LogP) is 1.10. The highest BCUT2D eigenvalue weighted by molar-refractivity contribution is 5.95. The summed E-state index contributed by atoms with van der Waals surface area (Å²) in [5.41, 5.74) is 8.25. The Kier molecular flexibility index (Phi) is 3.90. The van der Waals surface area contributed by atoms with Crippen LogP contribution >= 0.6 is 0 Å². The molecule has 0 amide bonds. The molecule has 0 saturated carbocycles. The van der Waals surface area contributed by atoms with Gasteiger partial charge in [-0.3, -0.25) is 5.41 Å². The molecule has 0 heterocycles. The molecule has 4 heteroatoms. The molecule has 0 saturated heterocycles. The molecule has 0 aliphatic rings. The van der Waals surface area contributed by atoms with Crippen molar-refractivity contribution in [3.63, 3.8) is 0 Å². The molecule has 0 aliphatic carbocycles. The van der Waals surface area contributed by atoms with Crippen LogP contribution in [0.25, 0.3) is 0 Å². The lowest BCUT2D eigenvalue weighted by Crippen LogP contribution is -2.27. The molecule has 1 unspecified atom stereocenters. The van der Waals surface area contributed by atoms with Crippen LogP contribution < -0.4 is 10.6 Å². The molecule has 4 N–H and O–H groups in total. The van der Waals surface area contributed by atoms with Gasteiger partial charge in [0, 0.05) is 24.8 Å². The number of hydrogen-bond donors (Lipinski definition) is 3. The van der Waals surface area contributed by atoms with Gasteiger partial charge in [0.1, 0.15) is 5.84 Å². The van der Waals surface area contributed by atoms with Crippen LogP contribution in [0.4, 0.5) is 5.69 Å². The van der Waals surface area contributed by atoms with E-state index in [-0.39, 0.29) is 11.9 Å². The zero-order valence-corrected chi connectivity index (χ0v) is 9.99. The largest absolute Gasteiger partial charge is 0.392 e. The Balaban J connectivity index is 2.94. The third-order valence-electron chi connectivity index (χ3n) is 2.46. The summed E-state index contributed by atoms with van der Waals surface area (Å²) in [6.07, 6.45) is -0.364. The van der Waals surface area contributed by atoms with Crippen LogP contribution in [0.1, 0.15) is 18.1 Å². The van der Waals surface area contributed by atoms with Crippen LogP contribution in [0.2, 0.25) is 0 Å². The SMILES string of the molecule is Cc1cc(C(=N)N)ccc1N(C)CC(C)O. The molecule has 16 heavy (non-hydrogen) atoms. The summed E-state index contributed by atoms with van der Waals surface area (Å²) in [5.74, 6) is 0.0767. The van der Waals surface area contributed by atoms with Crippen LogP contribution in [0, 0.1) is 12.3 Å². The lowest BCUT2D eigenvalue weighted by molar-refractivity contribution is 0.201. The van der Waals surface area contributed by atoms with Gasteiger partial charge in [0.2, 0.25) is 0 Å². The Morgan fingerprint density at radius 3 is 2.62 bits per heavy atom. The summed E-state index contributed by atoms with van der Waals surface area (Å²) in [5, 5.41) is 16.7. The van der Waals surface area contributed by atoms with Gasteiger partial charge in [-0.25, -0.2) is 0 Å². The number of likely N-dealkylation sites (N-methyl/N-ethyl adjacent to an activating group) is 1. The van der Waals surface area contributed by atoms with Crippen molar-refractivity contribution in [2.75, 3.05) is 18.5 Å². The van der Waals surface area contributed by atoms with E-state index in [1.54, 1.807) is 6.92 Å². The van der Waals surface area contributed by atoms with Crippen molar-refractivity contribution in [2.24, 2.45) is 5.73 Å². The molecule has 0 spiro atoms. The monoisotopic (exact) mass is 221 g/mol. The first-order valence-electron chi connectivity index (χ1n) is 5.26. The van der Waals surface area contributed by atoms with E-state index < -0.39 is 0 Å². The summed E-state index contributed by atoms with van der Waals surface area (Å²) < 4.78 is 0. The molecular weight excluding hydrogens is 202 g/mol. The lowest BCUT2D eigenvalue weighted by atomic mass is 10.1. The van der Waals surface area contributed by atoms with Crippen LogP contribution in [0.3, 0.4) is 0 Å². The number of nitrogens with two attached hydrogens (primary N) is 1. The van der Waals surface area contributed by atoms with Crippen LogP contribution in [0.5, 0.6) is 0 Å². The number of nitrogen functional groups attached to an aromatic ring is 1. The number of aliphatic hydroxyl groups excluding tert-OH is 1. The smallest absolute Gasteiger partial charge is 0.122 e. The number of aliphatic hydroxyl groups is 1. The summed E-state index contributed by atoms with van der Waals surface area (Å²) in [4.78, 5) is 1.99. The zero-order valence-electron chi connectivity index (χ0n) is 9.99. The number of rotatable bonds is 4. The fourth-order valence-electron chi connectivity index (χ4n) is 1.75. The average molecular weight is 221 g/mol. The normalized spacial score (nSPS) is 12.2. The molecule has 1 aromatic rings. The molecule has 88 valence electrons. The van der Waals surface area contributed by atoms with Gasteiger partial charge < -0.3 is 15.7 Å². The minimum absolute atomic E-state index is 0.0767. The number of hydrogen-bond acceptors (Lipinski definition) is 3. The van der Waals surface area contributed by atoms with E-state index >= 15 is 0 Å². The molecule has 1 rings (SSSR count). The molecule has 0 bridgehead atoms. The first-order chi connectivity index (χ1) is 7.41. The lowest BCUT2D eigenvalue weighted by Gasteiger charge is -2.23. The van der Waals surface area contributed by atoms with Gasteiger partial charge in [-0.05, 0) is 37.6 Å². The minimum Gasteiger partial charge on any atom is -0.392 e. The van der Waals surface area contributed by atoms with Crippen molar-refractivity contribution in [1.82, 2.24) is 0 Å². The maximum absolute atomic E-state index is 9.32. The number of amidine groups is 1. The molecule has 4 nitrogen and oxygen atoms in total. The molecule has 0 radical (unpaired) electrons. The second-order valence-electron chi connectivity index (χ2n) is 4.14. The Hall–Kier alpha value is -1.55. The first-order valence-corrected chi connectivity index (χ1v) is 5.26. The van der Waals surface area contributed by atoms with Crippen molar-refractivity contribution in [2.45, 2.75) is 20.0 Å². The number of nitrogens with zero attached hydrogens (tertiary/aromatic N) is 1. The molecule has 1 atom stereocenters. The van der Waals surface area contributed by atoms with Crippen LogP contribution in [-0.2, 0) is 0 Å². The molecule has 0 aliphatic heterocycles. The van der Waals surface area contributed by atoms with Gasteiger partial charge in [-0.1, -0.05) is 0 Å². The third kappa shape index (κ3) is 2.97. The third-order valence-corrected chi connectivity index (χ3v) is 2.46. The van der Waals surface area contributed by atoms with Gasteiger partial charge in [0.15, 0.2) is 0 Å². The molecule has 1 aromatic carbocycles. The maximum Gasteiger partial charge on any atom is 0.122 e. The van der Waals surface area contributed by atoms with Crippen molar-refractivity contribution in [3.05, 3.63) is 29.3 Å². The van der Waals surface area contributed by atoms with Crippen molar-refractivity contribution >= 4 is 11.5 Å². The van der Waals surface area contributed by atoms with E-state index in [1.807, 2.05) is 37.1 Å². The minimum atomic E-state index is -0.364. The average Bonchev–Trinajstić information content (AvgIpc) is 2.15. The standard InChI is InChI=1S/C12H19N3O/c1-8-6-10(12(13)14)4-5-11(8)15(3)7-9(2)16/h4-6,9,16H,7H2,1-3H3,(H3,13,14). The van der Waals surface area contributed by atoms with Gasteiger partial charge in [0.05, 0.1) is 6.10 Å². The van der Waals surface area contributed by atoms with E-state index in [0.29, 0.717) is 6.54 Å². The van der Waals surface area contributed by atoms with Gasteiger partial charge in [-0.2, -0.15) is 0 Å². The van der Waals surface area contributed by atoms with Crippen molar-refractivity contribution in [1.29, 1.82) is 5.41 Å². The van der Waals surface area contributed by atoms with Crippen LogP contribution in [0.15, 0.2) is 18.2 Å². The van der Waals surface area contributed by atoms with Gasteiger partial charge in [0.25, 0.3) is 0 Å². The number of aryl methyl sites for hydroxylation is 1. The van der Waals surface area contributed by atoms with E-state index in [4.69, 9.17) is 11.1 Å². The number of anilines is 1. The second kappa shape index (κ2) is 4.99. The van der Waals surface area contributed by atoms with Gasteiger partial charge >= 0.3 is 0 Å². The highest BCUT2D eigenvalue weighted by Gasteiger charge is 2.08. The van der Waals surface area contributed by atoms with E-state index in [2.05, 4.69) is 0 Å². The van der Waals surface area contributed by atoms with E-state index in [9.17, 15) is 5.11 Å². The second-order valence-corrected chi connectivity index (χ2v) is 4.14. The Bertz CT molecular complexity index is 388. The van der Waals surface area contributed by atoms with Gasteiger partial charge in [-0.15, -0.1) is 0 Å². The Morgan fingerprint density at radius 2 is 2.19 bits per heavy atom. The molecule has 0 aromatic heterocycles. The predicted molar refractivity (Wildman–Crippen MR) is 67.1 cm³/mol. The maximum atomic E-state index is 9.32. The topological polar surface area (TPSA) is 73.3 Å². The highest BCUT2D eigenvalue weighted by Crippen LogP contribution is 2.20. The quantitative estimate of drug-likeness (QED) is 0.526. The summed E-state index contributed by atoms with van der Waals surface area (Å²) >= 11 is 0. The number of nitrogens with one attached hydrogen (secondary N) is 1. The fourth-order valence-corrected chi connectivity index (χ4v) is 1.75. The number of benzene rings is 1. The molecule has 0 fully saturated rings. The fraction of sp³-hybridized carbons (Fsp3) is 0.417. The molecular formula is C12H19N3O. The Morgan fingerprint density at radius 1 is 1.56 bits per heavy atom.